The molecule has 1 aliphatic heterocycles. The van der Waals surface area contributed by atoms with Crippen LogP contribution in [0.25, 0.3) is 0 Å². The second-order valence-corrected chi connectivity index (χ2v) is 7.77. The molecule has 0 atom stereocenters. The topological polar surface area (TPSA) is 57.6 Å². The van der Waals surface area contributed by atoms with Crippen molar-refractivity contribution in [2.45, 2.75) is 13.0 Å². The summed E-state index contributed by atoms with van der Waals surface area (Å²) >= 11 is 3.37. The van der Waals surface area contributed by atoms with Crippen LogP contribution in [0.15, 0.2) is 22.7 Å². The normalized spacial score (nSPS) is 20.5. The number of benzene rings is 1. The van der Waals surface area contributed by atoms with Gasteiger partial charge in [0.2, 0.25) is 0 Å². The molecule has 4 nitrogen and oxygen atoms in total. The van der Waals surface area contributed by atoms with Crippen molar-refractivity contribution >= 4 is 25.8 Å². The molecule has 1 heterocycles. The zero-order valence-corrected chi connectivity index (χ0v) is 12.4. The van der Waals surface area contributed by atoms with Crippen LogP contribution in [0.3, 0.4) is 0 Å². The fourth-order valence-electron chi connectivity index (χ4n) is 2.07. The highest BCUT2D eigenvalue weighted by Crippen LogP contribution is 2.23. The summed E-state index contributed by atoms with van der Waals surface area (Å²) in [5.41, 5.74) is 0.823. The first kappa shape index (κ1) is 13.8. The van der Waals surface area contributed by atoms with Gasteiger partial charge in [-0.05, 0) is 31.2 Å². The Kier molecular flexibility index (Phi) is 4.29. The standard InChI is InChI=1S/C12H16BrNO3S/c13-11-2-3-12(15)10(8-11)9-14-4-1-6-18(16,17)7-5-14/h2-3,8,15H,1,4-7,9H2. The molecule has 0 spiro atoms. The number of halogens is 1. The van der Waals surface area contributed by atoms with E-state index in [2.05, 4.69) is 20.8 Å². The molecule has 100 valence electrons. The van der Waals surface area contributed by atoms with Gasteiger partial charge in [-0.1, -0.05) is 15.9 Å². The van der Waals surface area contributed by atoms with Crippen molar-refractivity contribution in [2.75, 3.05) is 24.6 Å². The van der Waals surface area contributed by atoms with Crippen LogP contribution >= 0.6 is 15.9 Å². The molecule has 0 saturated carbocycles. The van der Waals surface area contributed by atoms with Crippen molar-refractivity contribution in [3.8, 4) is 5.75 Å². The van der Waals surface area contributed by atoms with Gasteiger partial charge in [0.1, 0.15) is 5.75 Å². The van der Waals surface area contributed by atoms with Crippen LogP contribution in [0.1, 0.15) is 12.0 Å². The zero-order chi connectivity index (χ0) is 13.2. The molecule has 0 radical (unpaired) electrons. The van der Waals surface area contributed by atoms with E-state index in [1.54, 1.807) is 12.1 Å². The van der Waals surface area contributed by atoms with Gasteiger partial charge in [0.25, 0.3) is 0 Å². The number of hydrogen-bond donors (Lipinski definition) is 1. The van der Waals surface area contributed by atoms with E-state index in [0.717, 1.165) is 16.6 Å². The Bertz CT molecular complexity index is 530. The van der Waals surface area contributed by atoms with Crippen LogP contribution in [0.4, 0.5) is 0 Å². The summed E-state index contributed by atoms with van der Waals surface area (Å²) in [6.07, 6.45) is 0.664. The number of sulfone groups is 1. The first-order valence-corrected chi connectivity index (χ1v) is 8.48. The number of hydrogen-bond acceptors (Lipinski definition) is 4. The minimum Gasteiger partial charge on any atom is -0.508 e. The summed E-state index contributed by atoms with van der Waals surface area (Å²) < 4.78 is 23.9. The van der Waals surface area contributed by atoms with E-state index in [9.17, 15) is 13.5 Å². The molecule has 1 saturated heterocycles. The summed E-state index contributed by atoms with van der Waals surface area (Å²) in [6, 6.07) is 5.30. The molecular weight excluding hydrogens is 318 g/mol. The summed E-state index contributed by atoms with van der Waals surface area (Å²) in [7, 11) is -2.88. The highest BCUT2D eigenvalue weighted by molar-refractivity contribution is 9.10. The third kappa shape index (κ3) is 3.70. The molecule has 1 aliphatic rings. The lowest BCUT2D eigenvalue weighted by Crippen LogP contribution is -2.26. The maximum atomic E-state index is 11.5. The average molecular weight is 334 g/mol. The zero-order valence-electron chi connectivity index (χ0n) is 9.97. The van der Waals surface area contributed by atoms with E-state index in [0.29, 0.717) is 19.5 Å². The predicted molar refractivity (Wildman–Crippen MR) is 74.4 cm³/mol. The summed E-state index contributed by atoms with van der Waals surface area (Å²) in [4.78, 5) is 2.08. The molecule has 0 aromatic heterocycles. The third-order valence-electron chi connectivity index (χ3n) is 3.08. The van der Waals surface area contributed by atoms with Gasteiger partial charge < -0.3 is 5.11 Å². The van der Waals surface area contributed by atoms with E-state index in [1.807, 2.05) is 6.07 Å². The number of phenolic OH excluding ortho intramolecular Hbond substituents is 1. The Morgan fingerprint density at radius 1 is 1.28 bits per heavy atom. The highest BCUT2D eigenvalue weighted by atomic mass is 79.9. The Hall–Kier alpha value is -0.590. The van der Waals surface area contributed by atoms with Crippen molar-refractivity contribution in [1.82, 2.24) is 4.90 Å². The van der Waals surface area contributed by atoms with Gasteiger partial charge >= 0.3 is 0 Å². The van der Waals surface area contributed by atoms with E-state index in [-0.39, 0.29) is 17.3 Å². The van der Waals surface area contributed by atoms with Gasteiger partial charge in [0, 0.05) is 23.1 Å². The minimum absolute atomic E-state index is 0.210. The highest BCUT2D eigenvalue weighted by Gasteiger charge is 2.19. The second-order valence-electron chi connectivity index (χ2n) is 4.55. The van der Waals surface area contributed by atoms with Gasteiger partial charge in [0.15, 0.2) is 9.84 Å². The first-order valence-electron chi connectivity index (χ1n) is 5.86. The van der Waals surface area contributed by atoms with Crippen molar-refractivity contribution in [3.63, 3.8) is 0 Å². The minimum atomic E-state index is -2.88. The molecule has 0 aliphatic carbocycles. The number of nitrogens with zero attached hydrogens (tertiary/aromatic N) is 1. The largest absolute Gasteiger partial charge is 0.508 e. The lowest BCUT2D eigenvalue weighted by atomic mass is 10.2. The smallest absolute Gasteiger partial charge is 0.151 e. The molecular formula is C12H16BrNO3S. The molecule has 0 unspecified atom stereocenters. The fourth-order valence-corrected chi connectivity index (χ4v) is 3.79. The van der Waals surface area contributed by atoms with Crippen LogP contribution in [-0.4, -0.2) is 43.0 Å². The van der Waals surface area contributed by atoms with Gasteiger partial charge in [-0.25, -0.2) is 8.42 Å². The fraction of sp³-hybridized carbons (Fsp3) is 0.500. The Morgan fingerprint density at radius 3 is 2.83 bits per heavy atom. The molecule has 6 heteroatoms. The average Bonchev–Trinajstić information content (AvgIpc) is 2.46. The van der Waals surface area contributed by atoms with Crippen molar-refractivity contribution in [1.29, 1.82) is 0 Å². The Morgan fingerprint density at radius 2 is 2.06 bits per heavy atom. The molecule has 1 N–H and O–H groups in total. The molecule has 18 heavy (non-hydrogen) atoms. The Balaban J connectivity index is 2.07. The maximum Gasteiger partial charge on any atom is 0.151 e. The van der Waals surface area contributed by atoms with Crippen molar-refractivity contribution in [2.24, 2.45) is 0 Å². The van der Waals surface area contributed by atoms with Gasteiger partial charge in [0.05, 0.1) is 11.5 Å². The maximum absolute atomic E-state index is 11.5. The molecule has 0 bridgehead atoms. The van der Waals surface area contributed by atoms with Crippen molar-refractivity contribution in [3.05, 3.63) is 28.2 Å². The quantitative estimate of drug-likeness (QED) is 0.896. The number of aromatic hydroxyl groups is 1. The molecule has 0 amide bonds. The van der Waals surface area contributed by atoms with Crippen LogP contribution in [0.2, 0.25) is 0 Å². The van der Waals surface area contributed by atoms with E-state index in [4.69, 9.17) is 0 Å². The first-order chi connectivity index (χ1) is 8.46. The molecule has 1 aromatic carbocycles. The lowest BCUT2D eigenvalue weighted by molar-refractivity contribution is 0.282. The van der Waals surface area contributed by atoms with E-state index < -0.39 is 9.84 Å². The Labute approximate surface area is 116 Å². The van der Waals surface area contributed by atoms with E-state index >= 15 is 0 Å². The summed E-state index contributed by atoms with van der Waals surface area (Å²) in [6.45, 7) is 1.88. The van der Waals surface area contributed by atoms with E-state index in [1.165, 1.54) is 0 Å². The van der Waals surface area contributed by atoms with Gasteiger partial charge in [-0.3, -0.25) is 4.90 Å². The second kappa shape index (κ2) is 5.59. The molecule has 1 fully saturated rings. The third-order valence-corrected chi connectivity index (χ3v) is 5.29. The van der Waals surface area contributed by atoms with Crippen LogP contribution in [0, 0.1) is 0 Å². The SMILES string of the molecule is O=S1(=O)CCCN(Cc2cc(Br)ccc2O)CC1. The summed E-state index contributed by atoms with van der Waals surface area (Å²) in [5, 5.41) is 9.77. The van der Waals surface area contributed by atoms with Gasteiger partial charge in [-0.2, -0.15) is 0 Å². The predicted octanol–water partition coefficient (Wildman–Crippen LogP) is 1.78. The number of phenols is 1. The molecule has 1 aromatic rings. The van der Waals surface area contributed by atoms with Crippen LogP contribution in [-0.2, 0) is 16.4 Å². The monoisotopic (exact) mass is 333 g/mol. The van der Waals surface area contributed by atoms with Gasteiger partial charge in [-0.15, -0.1) is 0 Å². The molecule has 2 rings (SSSR count). The van der Waals surface area contributed by atoms with Crippen LogP contribution < -0.4 is 0 Å². The lowest BCUT2D eigenvalue weighted by Gasteiger charge is -2.19. The van der Waals surface area contributed by atoms with Crippen LogP contribution in [0.5, 0.6) is 5.75 Å². The van der Waals surface area contributed by atoms with Crippen molar-refractivity contribution < 1.29 is 13.5 Å². The summed E-state index contributed by atoms with van der Waals surface area (Å²) in [5.74, 6) is 0.737. The number of rotatable bonds is 2.